The summed E-state index contributed by atoms with van der Waals surface area (Å²) in [5, 5.41) is 24.6. The molecular weight excluding hydrogens is 290 g/mol. The van der Waals surface area contributed by atoms with Crippen LogP contribution in [0.1, 0.15) is 18.2 Å². The third-order valence-corrected chi connectivity index (χ3v) is 3.24. The van der Waals surface area contributed by atoms with Gasteiger partial charge in [0.15, 0.2) is 0 Å². The summed E-state index contributed by atoms with van der Waals surface area (Å²) in [4.78, 5) is 0. The van der Waals surface area contributed by atoms with Crippen LogP contribution < -0.4 is 10.1 Å². The lowest BCUT2D eigenvalue weighted by molar-refractivity contribution is 0.305. The Labute approximate surface area is 135 Å². The van der Waals surface area contributed by atoms with Crippen molar-refractivity contribution in [2.24, 2.45) is 0 Å². The van der Waals surface area contributed by atoms with Gasteiger partial charge in [0.1, 0.15) is 30.1 Å². The summed E-state index contributed by atoms with van der Waals surface area (Å²) in [5.74, 6) is 0.740. The third kappa shape index (κ3) is 4.36. The first-order valence-corrected chi connectivity index (χ1v) is 7.19. The van der Waals surface area contributed by atoms with E-state index in [1.807, 2.05) is 49.0 Å². The standard InChI is InChI=1S/C17H17N5O/c1-3-22-11-15(13(2)21-22)12-23-17-6-4-16(5-7-17)20-10-14(8-18)9-19/h4-7,10-11,20H,3,12H2,1-2H3. The molecule has 0 aliphatic carbocycles. The van der Waals surface area contributed by atoms with Crippen LogP contribution >= 0.6 is 0 Å². The number of aromatic nitrogens is 2. The fourth-order valence-electron chi connectivity index (χ4n) is 1.92. The van der Waals surface area contributed by atoms with Gasteiger partial charge in [-0.2, -0.15) is 15.6 Å². The lowest BCUT2D eigenvalue weighted by Crippen LogP contribution is -1.96. The molecule has 0 amide bonds. The topological polar surface area (TPSA) is 86.7 Å². The van der Waals surface area contributed by atoms with E-state index in [1.165, 1.54) is 6.20 Å². The molecule has 1 N–H and O–H groups in total. The van der Waals surface area contributed by atoms with E-state index in [2.05, 4.69) is 10.4 Å². The van der Waals surface area contributed by atoms with Crippen LogP contribution in [0.2, 0.25) is 0 Å². The second kappa shape index (κ2) is 7.67. The Bertz CT molecular complexity index is 759. The molecule has 1 aromatic heterocycles. The average Bonchev–Trinajstić information content (AvgIpc) is 2.95. The number of benzene rings is 1. The predicted molar refractivity (Wildman–Crippen MR) is 86.3 cm³/mol. The van der Waals surface area contributed by atoms with Gasteiger partial charge in [0.25, 0.3) is 0 Å². The number of nitrogens with one attached hydrogen (secondary N) is 1. The summed E-state index contributed by atoms with van der Waals surface area (Å²) < 4.78 is 7.64. The van der Waals surface area contributed by atoms with Crippen molar-refractivity contribution in [3.63, 3.8) is 0 Å². The van der Waals surface area contributed by atoms with E-state index in [1.54, 1.807) is 12.1 Å². The molecule has 0 fully saturated rings. The Morgan fingerprint density at radius 3 is 2.57 bits per heavy atom. The number of ether oxygens (including phenoxy) is 1. The molecule has 0 bridgehead atoms. The highest BCUT2D eigenvalue weighted by Gasteiger charge is 2.05. The molecule has 6 nitrogen and oxygen atoms in total. The predicted octanol–water partition coefficient (Wildman–Crippen LogP) is 3.13. The van der Waals surface area contributed by atoms with Crippen molar-refractivity contribution in [1.82, 2.24) is 9.78 Å². The normalized spacial score (nSPS) is 9.57. The van der Waals surface area contributed by atoms with Gasteiger partial charge in [-0.25, -0.2) is 0 Å². The Morgan fingerprint density at radius 1 is 1.30 bits per heavy atom. The second-order valence-electron chi connectivity index (χ2n) is 4.83. The van der Waals surface area contributed by atoms with E-state index < -0.39 is 0 Å². The number of nitriles is 2. The molecule has 0 saturated carbocycles. The molecule has 0 spiro atoms. The zero-order chi connectivity index (χ0) is 16.7. The van der Waals surface area contributed by atoms with Crippen LogP contribution in [0, 0.1) is 29.6 Å². The molecule has 0 radical (unpaired) electrons. The summed E-state index contributed by atoms with van der Waals surface area (Å²) in [6, 6.07) is 10.9. The first-order chi connectivity index (χ1) is 11.2. The fourth-order valence-corrected chi connectivity index (χ4v) is 1.92. The quantitative estimate of drug-likeness (QED) is 0.828. The van der Waals surface area contributed by atoms with Crippen molar-refractivity contribution in [3.8, 4) is 17.9 Å². The Hall–Kier alpha value is -3.25. The summed E-state index contributed by atoms with van der Waals surface area (Å²) in [6.07, 6.45) is 3.36. The molecule has 0 saturated heterocycles. The number of hydrogen-bond donors (Lipinski definition) is 1. The highest BCUT2D eigenvalue weighted by Crippen LogP contribution is 2.18. The number of aryl methyl sites for hydroxylation is 2. The van der Waals surface area contributed by atoms with E-state index >= 15 is 0 Å². The van der Waals surface area contributed by atoms with Crippen LogP contribution in [0.3, 0.4) is 0 Å². The second-order valence-corrected chi connectivity index (χ2v) is 4.83. The van der Waals surface area contributed by atoms with Crippen molar-refractivity contribution in [2.45, 2.75) is 27.0 Å². The summed E-state index contributed by atoms with van der Waals surface area (Å²) in [6.45, 7) is 5.31. The maximum Gasteiger partial charge on any atom is 0.145 e. The molecule has 2 aromatic rings. The van der Waals surface area contributed by atoms with Gasteiger partial charge >= 0.3 is 0 Å². The van der Waals surface area contributed by atoms with Crippen LogP contribution in [0.5, 0.6) is 5.75 Å². The molecule has 6 heteroatoms. The maximum absolute atomic E-state index is 8.66. The van der Waals surface area contributed by atoms with Gasteiger partial charge in [-0.15, -0.1) is 0 Å². The van der Waals surface area contributed by atoms with Crippen LogP contribution in [-0.4, -0.2) is 9.78 Å². The smallest absolute Gasteiger partial charge is 0.145 e. The highest BCUT2D eigenvalue weighted by molar-refractivity contribution is 5.51. The van der Waals surface area contributed by atoms with Gasteiger partial charge in [-0.05, 0) is 38.1 Å². The van der Waals surface area contributed by atoms with E-state index in [0.29, 0.717) is 6.61 Å². The van der Waals surface area contributed by atoms with Gasteiger partial charge in [-0.3, -0.25) is 4.68 Å². The Kier molecular flexibility index (Phi) is 5.38. The lowest BCUT2D eigenvalue weighted by atomic mass is 10.2. The molecular formula is C17H17N5O. The van der Waals surface area contributed by atoms with E-state index in [0.717, 1.165) is 29.2 Å². The minimum absolute atomic E-state index is 0.0220. The molecule has 0 atom stereocenters. The summed E-state index contributed by atoms with van der Waals surface area (Å²) in [7, 11) is 0. The van der Waals surface area contributed by atoms with Crippen molar-refractivity contribution < 1.29 is 4.74 Å². The van der Waals surface area contributed by atoms with E-state index in [-0.39, 0.29) is 5.57 Å². The molecule has 116 valence electrons. The number of rotatable bonds is 6. The van der Waals surface area contributed by atoms with E-state index in [4.69, 9.17) is 15.3 Å². The van der Waals surface area contributed by atoms with Crippen molar-refractivity contribution >= 4 is 5.69 Å². The molecule has 23 heavy (non-hydrogen) atoms. The van der Waals surface area contributed by atoms with Crippen LogP contribution in [0.25, 0.3) is 0 Å². The molecule has 1 aromatic carbocycles. The lowest BCUT2D eigenvalue weighted by Gasteiger charge is -2.06. The number of allylic oxidation sites excluding steroid dienone is 1. The number of anilines is 1. The SMILES string of the molecule is CCn1cc(COc2ccc(NC=C(C#N)C#N)cc2)c(C)n1. The largest absolute Gasteiger partial charge is 0.489 e. The van der Waals surface area contributed by atoms with Gasteiger partial charge in [-0.1, -0.05) is 0 Å². The van der Waals surface area contributed by atoms with E-state index in [9.17, 15) is 0 Å². The molecule has 0 aliphatic rings. The maximum atomic E-state index is 8.66. The Balaban J connectivity index is 1.95. The Morgan fingerprint density at radius 2 is 2.00 bits per heavy atom. The van der Waals surface area contributed by atoms with Gasteiger partial charge in [0, 0.05) is 30.2 Å². The van der Waals surface area contributed by atoms with Gasteiger partial charge in [0.2, 0.25) is 0 Å². The van der Waals surface area contributed by atoms with Crippen molar-refractivity contribution in [1.29, 1.82) is 10.5 Å². The van der Waals surface area contributed by atoms with Crippen LogP contribution in [0.4, 0.5) is 5.69 Å². The molecule has 2 rings (SSSR count). The zero-order valence-corrected chi connectivity index (χ0v) is 13.1. The molecule has 0 unspecified atom stereocenters. The van der Waals surface area contributed by atoms with Crippen molar-refractivity contribution in [3.05, 3.63) is 53.5 Å². The van der Waals surface area contributed by atoms with Crippen LogP contribution in [-0.2, 0) is 13.2 Å². The monoisotopic (exact) mass is 307 g/mol. The molecule has 0 aliphatic heterocycles. The first kappa shape index (κ1) is 16.1. The highest BCUT2D eigenvalue weighted by atomic mass is 16.5. The first-order valence-electron chi connectivity index (χ1n) is 7.19. The van der Waals surface area contributed by atoms with Crippen LogP contribution in [0.15, 0.2) is 42.2 Å². The fraction of sp³-hybridized carbons (Fsp3) is 0.235. The number of hydrogen-bond acceptors (Lipinski definition) is 5. The minimum Gasteiger partial charge on any atom is -0.489 e. The average molecular weight is 307 g/mol. The minimum atomic E-state index is 0.0220. The van der Waals surface area contributed by atoms with Crippen molar-refractivity contribution in [2.75, 3.05) is 5.32 Å². The number of nitrogens with zero attached hydrogens (tertiary/aromatic N) is 4. The summed E-state index contributed by atoms with van der Waals surface area (Å²) >= 11 is 0. The van der Waals surface area contributed by atoms with Gasteiger partial charge in [0.05, 0.1) is 5.69 Å². The zero-order valence-electron chi connectivity index (χ0n) is 13.1. The molecule has 1 heterocycles. The summed E-state index contributed by atoms with van der Waals surface area (Å²) in [5.41, 5.74) is 2.82. The van der Waals surface area contributed by atoms with Gasteiger partial charge < -0.3 is 10.1 Å². The third-order valence-electron chi connectivity index (χ3n) is 3.24.